The molecule has 1 unspecified atom stereocenters. The van der Waals surface area contributed by atoms with Crippen LogP contribution in [0.4, 0.5) is 0 Å². The van der Waals surface area contributed by atoms with E-state index in [2.05, 4.69) is 30.2 Å². The summed E-state index contributed by atoms with van der Waals surface area (Å²) in [5.74, 6) is 1.48. The summed E-state index contributed by atoms with van der Waals surface area (Å²) in [4.78, 5) is 0. The van der Waals surface area contributed by atoms with Crippen LogP contribution >= 0.6 is 23.2 Å². The highest BCUT2D eigenvalue weighted by Gasteiger charge is 2.42. The molecule has 3 aromatic rings. The van der Waals surface area contributed by atoms with Crippen molar-refractivity contribution in [3.8, 4) is 11.4 Å². The van der Waals surface area contributed by atoms with Crippen molar-refractivity contribution in [2.75, 3.05) is 0 Å². The zero-order chi connectivity index (χ0) is 20.7. The molecule has 0 amide bonds. The van der Waals surface area contributed by atoms with Gasteiger partial charge in [0.25, 0.3) is 0 Å². The molecule has 2 aliphatic carbocycles. The van der Waals surface area contributed by atoms with Gasteiger partial charge in [-0.1, -0.05) is 55.1 Å². The van der Waals surface area contributed by atoms with Gasteiger partial charge in [0.2, 0.25) is 0 Å². The number of halogens is 2. The van der Waals surface area contributed by atoms with Gasteiger partial charge in [0.1, 0.15) is 17.4 Å². The molecule has 2 aromatic carbocycles. The van der Waals surface area contributed by atoms with Crippen LogP contribution in [-0.2, 0) is 19.4 Å². The van der Waals surface area contributed by atoms with Crippen LogP contribution in [0.15, 0.2) is 48.8 Å². The second-order valence-electron chi connectivity index (χ2n) is 9.04. The lowest BCUT2D eigenvalue weighted by atomic mass is 9.74. The molecule has 2 aliphatic rings. The summed E-state index contributed by atoms with van der Waals surface area (Å²) in [7, 11) is 0. The van der Waals surface area contributed by atoms with Crippen molar-refractivity contribution >= 4 is 23.2 Å². The Morgan fingerprint density at radius 2 is 1.87 bits per heavy atom. The smallest absolute Gasteiger partial charge is 0.140 e. The Morgan fingerprint density at radius 3 is 2.57 bits per heavy atom. The second kappa shape index (κ2) is 7.94. The maximum Gasteiger partial charge on any atom is 0.140 e. The van der Waals surface area contributed by atoms with Crippen LogP contribution in [0.1, 0.15) is 49.3 Å². The topological polar surface area (TPSA) is 27.1 Å². The molecule has 0 radical (unpaired) electrons. The zero-order valence-electron chi connectivity index (χ0n) is 17.2. The first-order valence-corrected chi connectivity index (χ1v) is 11.5. The van der Waals surface area contributed by atoms with Crippen molar-refractivity contribution in [2.45, 2.75) is 52.1 Å². The third kappa shape index (κ3) is 3.63. The van der Waals surface area contributed by atoms with E-state index in [0.29, 0.717) is 27.8 Å². The summed E-state index contributed by atoms with van der Waals surface area (Å²) >= 11 is 13.3. The van der Waals surface area contributed by atoms with Crippen LogP contribution < -0.4 is 4.74 Å². The minimum atomic E-state index is 0.298. The Kier molecular flexibility index (Phi) is 5.28. The molecule has 1 saturated carbocycles. The van der Waals surface area contributed by atoms with E-state index < -0.39 is 0 Å². The lowest BCUT2D eigenvalue weighted by molar-refractivity contribution is 0.203. The molecule has 5 heteroatoms. The number of benzene rings is 2. The fourth-order valence-corrected chi connectivity index (χ4v) is 5.79. The fourth-order valence-electron chi connectivity index (χ4n) is 5.28. The highest BCUT2D eigenvalue weighted by atomic mass is 35.5. The first-order valence-electron chi connectivity index (χ1n) is 10.7. The Hall–Kier alpha value is -1.97. The van der Waals surface area contributed by atoms with E-state index in [1.54, 1.807) is 6.20 Å². The normalized spacial score (nSPS) is 21.2. The minimum Gasteiger partial charge on any atom is -0.487 e. The predicted molar refractivity (Wildman–Crippen MR) is 122 cm³/mol. The van der Waals surface area contributed by atoms with Crippen LogP contribution in [0.25, 0.3) is 5.69 Å². The zero-order valence-corrected chi connectivity index (χ0v) is 18.7. The maximum absolute atomic E-state index is 6.72. The summed E-state index contributed by atoms with van der Waals surface area (Å²) in [6.07, 6.45) is 11.2. The summed E-state index contributed by atoms with van der Waals surface area (Å²) < 4.78 is 7.95. The van der Waals surface area contributed by atoms with Gasteiger partial charge >= 0.3 is 0 Å². The summed E-state index contributed by atoms with van der Waals surface area (Å²) in [6, 6.07) is 12.2. The predicted octanol–water partition coefficient (Wildman–Crippen LogP) is 7.05. The number of aromatic nitrogens is 2. The molecular weight excluding hydrogens is 415 g/mol. The van der Waals surface area contributed by atoms with Crippen LogP contribution in [0, 0.1) is 11.3 Å². The van der Waals surface area contributed by atoms with Crippen LogP contribution in [0.3, 0.4) is 0 Å². The van der Waals surface area contributed by atoms with Crippen molar-refractivity contribution in [3.63, 3.8) is 0 Å². The van der Waals surface area contributed by atoms with E-state index in [1.165, 1.54) is 36.8 Å². The largest absolute Gasteiger partial charge is 0.487 e. The number of fused-ring (bicyclic) bond motifs is 1. The van der Waals surface area contributed by atoms with Crippen LogP contribution in [0.2, 0.25) is 10.0 Å². The maximum atomic E-state index is 6.72. The molecule has 3 nitrogen and oxygen atoms in total. The molecular formula is C25H26Cl2N2O. The van der Waals surface area contributed by atoms with E-state index in [-0.39, 0.29) is 0 Å². The number of hydrogen-bond donors (Lipinski definition) is 0. The van der Waals surface area contributed by atoms with Crippen molar-refractivity contribution in [1.29, 1.82) is 0 Å². The van der Waals surface area contributed by atoms with Crippen LogP contribution in [-0.4, -0.2) is 9.78 Å². The molecule has 0 aliphatic heterocycles. The monoisotopic (exact) mass is 440 g/mol. The molecule has 1 aromatic heterocycles. The quantitative estimate of drug-likeness (QED) is 0.424. The van der Waals surface area contributed by atoms with E-state index in [9.17, 15) is 0 Å². The van der Waals surface area contributed by atoms with Gasteiger partial charge < -0.3 is 4.74 Å². The minimum absolute atomic E-state index is 0.298. The Morgan fingerprint density at radius 1 is 1.10 bits per heavy atom. The molecule has 5 rings (SSSR count). The molecule has 0 spiro atoms. The highest BCUT2D eigenvalue weighted by Crippen LogP contribution is 2.52. The third-order valence-electron chi connectivity index (χ3n) is 6.98. The SMILES string of the molecule is CC1(C2CCCC2)Cc2cc(OCc3ccc(-n4cccn4)cc3)c(Cl)c(Cl)c2C1. The van der Waals surface area contributed by atoms with Crippen molar-refractivity contribution in [3.05, 3.63) is 75.5 Å². The summed E-state index contributed by atoms with van der Waals surface area (Å²) in [5, 5.41) is 5.48. The molecule has 1 fully saturated rings. The van der Waals surface area contributed by atoms with E-state index >= 15 is 0 Å². The van der Waals surface area contributed by atoms with Gasteiger partial charge in [0.15, 0.2) is 0 Å². The number of ether oxygens (including phenoxy) is 1. The van der Waals surface area contributed by atoms with E-state index in [4.69, 9.17) is 27.9 Å². The third-order valence-corrected chi connectivity index (χ3v) is 7.87. The number of hydrogen-bond acceptors (Lipinski definition) is 2. The summed E-state index contributed by atoms with van der Waals surface area (Å²) in [5.41, 5.74) is 4.94. The van der Waals surface area contributed by atoms with Crippen LogP contribution in [0.5, 0.6) is 5.75 Å². The van der Waals surface area contributed by atoms with Gasteiger partial charge in [-0.05, 0) is 78.0 Å². The molecule has 30 heavy (non-hydrogen) atoms. The van der Waals surface area contributed by atoms with Gasteiger partial charge in [0, 0.05) is 12.4 Å². The van der Waals surface area contributed by atoms with Gasteiger partial charge in [-0.3, -0.25) is 0 Å². The fraction of sp³-hybridized carbons (Fsp3) is 0.400. The number of rotatable bonds is 5. The van der Waals surface area contributed by atoms with Crippen molar-refractivity contribution < 1.29 is 4.74 Å². The van der Waals surface area contributed by atoms with E-state index in [1.807, 2.05) is 29.1 Å². The highest BCUT2D eigenvalue weighted by molar-refractivity contribution is 6.43. The van der Waals surface area contributed by atoms with E-state index in [0.717, 1.165) is 30.0 Å². The molecule has 1 heterocycles. The second-order valence-corrected chi connectivity index (χ2v) is 9.79. The molecule has 0 bridgehead atoms. The molecule has 156 valence electrons. The van der Waals surface area contributed by atoms with Crippen molar-refractivity contribution in [2.24, 2.45) is 11.3 Å². The Bertz CT molecular complexity index is 1040. The van der Waals surface area contributed by atoms with Gasteiger partial charge in [-0.15, -0.1) is 0 Å². The average molecular weight is 441 g/mol. The standard InChI is InChI=1S/C25H26Cl2N2O/c1-25(19-5-2-3-6-19)14-18-13-22(24(27)23(26)21(18)15-25)30-16-17-7-9-20(10-8-17)29-12-4-11-28-29/h4,7-13,19H,2-3,5-6,14-16H2,1H3. The van der Waals surface area contributed by atoms with Gasteiger partial charge in [0.05, 0.1) is 10.7 Å². The van der Waals surface area contributed by atoms with Gasteiger partial charge in [-0.2, -0.15) is 5.10 Å². The lowest BCUT2D eigenvalue weighted by Gasteiger charge is -2.31. The first-order chi connectivity index (χ1) is 14.5. The molecule has 1 atom stereocenters. The Balaban J connectivity index is 1.32. The average Bonchev–Trinajstić information content (AvgIpc) is 3.51. The molecule has 0 N–H and O–H groups in total. The summed E-state index contributed by atoms with van der Waals surface area (Å²) in [6.45, 7) is 2.88. The van der Waals surface area contributed by atoms with Gasteiger partial charge in [-0.25, -0.2) is 4.68 Å². The Labute approximate surface area is 188 Å². The van der Waals surface area contributed by atoms with Crippen molar-refractivity contribution in [1.82, 2.24) is 9.78 Å². The molecule has 0 saturated heterocycles. The number of nitrogens with zero attached hydrogens (tertiary/aromatic N) is 2. The lowest BCUT2D eigenvalue weighted by Crippen LogP contribution is -2.26. The first kappa shape index (κ1) is 20.0.